The van der Waals surface area contributed by atoms with E-state index in [4.69, 9.17) is 5.11 Å². The summed E-state index contributed by atoms with van der Waals surface area (Å²) in [6, 6.07) is 2.91. The average Bonchev–Trinajstić information content (AvgIpc) is 3.03. The normalized spacial score (nSPS) is 15.5. The van der Waals surface area contributed by atoms with Crippen molar-refractivity contribution in [3.63, 3.8) is 0 Å². The summed E-state index contributed by atoms with van der Waals surface area (Å²) >= 11 is 0. The number of hydrogen-bond acceptors (Lipinski definition) is 2. The van der Waals surface area contributed by atoms with E-state index in [9.17, 15) is 18.0 Å². The maximum Gasteiger partial charge on any atom is 0.420 e. The molecule has 0 aromatic heterocycles. The van der Waals surface area contributed by atoms with Gasteiger partial charge in [0.15, 0.2) is 0 Å². The van der Waals surface area contributed by atoms with Gasteiger partial charge in [0.2, 0.25) is 5.91 Å². The van der Waals surface area contributed by atoms with Crippen LogP contribution in [-0.4, -0.2) is 11.0 Å². The molecule has 18 heavy (non-hydrogen) atoms. The third-order valence-corrected chi connectivity index (χ3v) is 2.76. The summed E-state index contributed by atoms with van der Waals surface area (Å²) in [6.07, 6.45) is -2.31. The third-order valence-electron chi connectivity index (χ3n) is 2.76. The maximum atomic E-state index is 12.5. The Morgan fingerprint density at radius 2 is 2.06 bits per heavy atom. The molecule has 1 amide bonds. The van der Waals surface area contributed by atoms with Crippen LogP contribution in [-0.2, 0) is 11.0 Å². The highest BCUT2D eigenvalue weighted by molar-refractivity contribution is 5.91. The molecule has 1 aromatic rings. The van der Waals surface area contributed by atoms with Crippen molar-refractivity contribution in [3.8, 4) is 5.75 Å². The number of carbonyl (C=O) groups is 1. The molecule has 1 saturated carbocycles. The molecule has 0 radical (unpaired) electrons. The van der Waals surface area contributed by atoms with Gasteiger partial charge in [0, 0.05) is 12.1 Å². The Labute approximate surface area is 102 Å². The number of phenols is 1. The number of aromatic hydroxyl groups is 1. The lowest BCUT2D eigenvalue weighted by Crippen LogP contribution is -2.13. The number of amides is 1. The molecule has 2 N–H and O–H groups in total. The van der Waals surface area contributed by atoms with Gasteiger partial charge in [-0.3, -0.25) is 4.79 Å². The minimum atomic E-state index is -4.64. The zero-order valence-corrected chi connectivity index (χ0v) is 9.42. The molecule has 0 unspecified atom stereocenters. The molecule has 0 heterocycles. The van der Waals surface area contributed by atoms with Crippen LogP contribution in [0.1, 0.15) is 24.8 Å². The van der Waals surface area contributed by atoms with Crippen molar-refractivity contribution in [2.45, 2.75) is 25.4 Å². The first-order chi connectivity index (χ1) is 8.36. The summed E-state index contributed by atoms with van der Waals surface area (Å²) in [5.74, 6) is -0.775. The van der Waals surface area contributed by atoms with Crippen LogP contribution in [0.15, 0.2) is 18.2 Å². The molecule has 1 aliphatic rings. The number of rotatable bonds is 3. The lowest BCUT2D eigenvalue weighted by molar-refractivity contribution is -0.138. The van der Waals surface area contributed by atoms with Crippen LogP contribution < -0.4 is 5.32 Å². The fourth-order valence-electron chi connectivity index (χ4n) is 1.64. The monoisotopic (exact) mass is 259 g/mol. The Morgan fingerprint density at radius 3 is 2.61 bits per heavy atom. The first kappa shape index (κ1) is 12.7. The van der Waals surface area contributed by atoms with Crippen LogP contribution in [0.2, 0.25) is 0 Å². The Balaban J connectivity index is 2.11. The third kappa shape index (κ3) is 3.15. The van der Waals surface area contributed by atoms with Gasteiger partial charge in [-0.05, 0) is 37.0 Å². The van der Waals surface area contributed by atoms with Crippen LogP contribution in [0, 0.1) is 5.92 Å². The van der Waals surface area contributed by atoms with Crippen molar-refractivity contribution in [3.05, 3.63) is 23.8 Å². The van der Waals surface area contributed by atoms with Crippen molar-refractivity contribution < 1.29 is 23.1 Å². The van der Waals surface area contributed by atoms with Gasteiger partial charge in [-0.25, -0.2) is 0 Å². The number of carbonyl (C=O) groups excluding carboxylic acids is 1. The smallest absolute Gasteiger partial charge is 0.420 e. The number of alkyl halides is 3. The first-order valence-corrected chi connectivity index (χ1v) is 5.56. The highest BCUT2D eigenvalue weighted by Crippen LogP contribution is 2.37. The van der Waals surface area contributed by atoms with E-state index in [1.165, 1.54) is 6.07 Å². The Hall–Kier alpha value is -1.72. The number of anilines is 1. The highest BCUT2D eigenvalue weighted by atomic mass is 19.4. The van der Waals surface area contributed by atoms with Crippen molar-refractivity contribution in [2.24, 2.45) is 5.92 Å². The van der Waals surface area contributed by atoms with Gasteiger partial charge in [-0.15, -0.1) is 0 Å². The van der Waals surface area contributed by atoms with Gasteiger partial charge in [0.25, 0.3) is 0 Å². The van der Waals surface area contributed by atoms with Crippen LogP contribution in [0.3, 0.4) is 0 Å². The van der Waals surface area contributed by atoms with Crippen LogP contribution >= 0.6 is 0 Å². The summed E-state index contributed by atoms with van der Waals surface area (Å²) in [6.45, 7) is 0. The highest BCUT2D eigenvalue weighted by Gasteiger charge is 2.34. The number of halogens is 3. The molecule has 98 valence electrons. The molecule has 0 bridgehead atoms. The Kier molecular flexibility index (Phi) is 3.19. The van der Waals surface area contributed by atoms with E-state index in [0.29, 0.717) is 12.3 Å². The minimum Gasteiger partial charge on any atom is -0.507 e. The number of phenolic OH excluding ortho intramolecular Hbond substituents is 1. The molecular formula is C12H12F3NO2. The molecule has 0 spiro atoms. The lowest BCUT2D eigenvalue weighted by Gasteiger charge is -2.11. The van der Waals surface area contributed by atoms with E-state index in [1.54, 1.807) is 0 Å². The SMILES string of the molecule is O=C(CC1CC1)Nc1ccc(O)c(C(F)(F)F)c1. The van der Waals surface area contributed by atoms with Gasteiger partial charge in [0.05, 0.1) is 5.56 Å². The fraction of sp³-hybridized carbons (Fsp3) is 0.417. The predicted octanol–water partition coefficient (Wildman–Crippen LogP) is 3.15. The Morgan fingerprint density at radius 1 is 1.39 bits per heavy atom. The predicted molar refractivity (Wildman–Crippen MR) is 59.1 cm³/mol. The number of hydrogen-bond donors (Lipinski definition) is 2. The molecule has 1 aromatic carbocycles. The standard InChI is InChI=1S/C12H12F3NO2/c13-12(14,15)9-6-8(3-4-10(9)17)16-11(18)5-7-1-2-7/h3-4,6-7,17H,1-2,5H2,(H,16,18). The minimum absolute atomic E-state index is 0.0470. The molecule has 1 aliphatic carbocycles. The van der Waals surface area contributed by atoms with E-state index in [2.05, 4.69) is 5.32 Å². The molecule has 0 aliphatic heterocycles. The van der Waals surface area contributed by atoms with Crippen LogP contribution in [0.4, 0.5) is 18.9 Å². The van der Waals surface area contributed by atoms with Gasteiger partial charge >= 0.3 is 6.18 Å². The van der Waals surface area contributed by atoms with E-state index >= 15 is 0 Å². The second-order valence-electron chi connectivity index (χ2n) is 4.43. The maximum absolute atomic E-state index is 12.5. The summed E-state index contributed by atoms with van der Waals surface area (Å²) in [5, 5.41) is 11.5. The lowest BCUT2D eigenvalue weighted by atomic mass is 10.1. The van der Waals surface area contributed by atoms with Crippen molar-refractivity contribution in [1.29, 1.82) is 0 Å². The molecular weight excluding hydrogens is 247 g/mol. The fourth-order valence-corrected chi connectivity index (χ4v) is 1.64. The molecule has 6 heteroatoms. The summed E-state index contributed by atoms with van der Waals surface area (Å²) in [4.78, 5) is 11.5. The van der Waals surface area contributed by atoms with Crippen LogP contribution in [0.25, 0.3) is 0 Å². The molecule has 0 atom stereocenters. The second-order valence-corrected chi connectivity index (χ2v) is 4.43. The topological polar surface area (TPSA) is 49.3 Å². The Bertz CT molecular complexity index is 467. The van der Waals surface area contributed by atoms with Gasteiger partial charge < -0.3 is 10.4 Å². The quantitative estimate of drug-likeness (QED) is 0.819. The zero-order chi connectivity index (χ0) is 13.3. The molecule has 3 nitrogen and oxygen atoms in total. The average molecular weight is 259 g/mol. The summed E-state index contributed by atoms with van der Waals surface area (Å²) in [7, 11) is 0. The van der Waals surface area contributed by atoms with Crippen molar-refractivity contribution >= 4 is 11.6 Å². The van der Waals surface area contributed by atoms with E-state index in [-0.39, 0.29) is 11.6 Å². The summed E-state index contributed by atoms with van der Waals surface area (Å²) in [5.41, 5.74) is -1.10. The summed E-state index contributed by atoms with van der Waals surface area (Å²) < 4.78 is 37.5. The number of nitrogens with one attached hydrogen (secondary N) is 1. The largest absolute Gasteiger partial charge is 0.507 e. The van der Waals surface area contributed by atoms with Gasteiger partial charge in [0.1, 0.15) is 5.75 Å². The second kappa shape index (κ2) is 4.51. The van der Waals surface area contributed by atoms with Crippen LogP contribution in [0.5, 0.6) is 5.75 Å². The zero-order valence-electron chi connectivity index (χ0n) is 9.42. The molecule has 0 saturated heterocycles. The van der Waals surface area contributed by atoms with E-state index in [1.807, 2.05) is 0 Å². The van der Waals surface area contributed by atoms with Gasteiger partial charge in [-0.1, -0.05) is 0 Å². The molecule has 1 fully saturated rings. The van der Waals surface area contributed by atoms with Crippen molar-refractivity contribution in [2.75, 3.05) is 5.32 Å². The van der Waals surface area contributed by atoms with E-state index in [0.717, 1.165) is 25.0 Å². The first-order valence-electron chi connectivity index (χ1n) is 5.56. The van der Waals surface area contributed by atoms with E-state index < -0.39 is 17.5 Å². The molecule has 2 rings (SSSR count). The number of benzene rings is 1. The van der Waals surface area contributed by atoms with Crippen molar-refractivity contribution in [1.82, 2.24) is 0 Å². The van der Waals surface area contributed by atoms with Gasteiger partial charge in [-0.2, -0.15) is 13.2 Å².